The molecule has 0 saturated heterocycles. The number of nitrogens with zero attached hydrogens (tertiary/aromatic N) is 1. The lowest BCUT2D eigenvalue weighted by Gasteiger charge is -2.19. The molecule has 5 nitrogen and oxygen atoms in total. The van der Waals surface area contributed by atoms with Gasteiger partial charge in [-0.05, 0) is 34.6 Å². The van der Waals surface area contributed by atoms with Crippen molar-refractivity contribution in [2.24, 2.45) is 0 Å². The predicted octanol–water partition coefficient (Wildman–Crippen LogP) is 4.57. The molecular weight excluding hydrogens is 294 g/mol. The summed E-state index contributed by atoms with van der Waals surface area (Å²) in [5.41, 5.74) is 2.38. The first kappa shape index (κ1) is 16.7. The number of nitro benzene ring substituents is 1. The zero-order chi connectivity index (χ0) is 17.4. The van der Waals surface area contributed by atoms with E-state index in [2.05, 4.69) is 20.8 Å². The molecule has 0 spiro atoms. The fourth-order valence-electron chi connectivity index (χ4n) is 2.52. The minimum Gasteiger partial charge on any atom is -0.477 e. The lowest BCUT2D eigenvalue weighted by atomic mass is 9.86. The van der Waals surface area contributed by atoms with Crippen molar-refractivity contribution < 1.29 is 14.8 Å². The summed E-state index contributed by atoms with van der Waals surface area (Å²) in [5, 5.41) is 20.4. The van der Waals surface area contributed by atoms with Gasteiger partial charge in [-0.1, -0.05) is 51.1 Å². The molecule has 0 atom stereocenters. The molecule has 120 valence electrons. The van der Waals surface area contributed by atoms with E-state index in [4.69, 9.17) is 0 Å². The molecular formula is C18H19NO4. The average molecular weight is 313 g/mol. The van der Waals surface area contributed by atoms with Gasteiger partial charge in [-0.2, -0.15) is 0 Å². The summed E-state index contributed by atoms with van der Waals surface area (Å²) in [6.45, 7) is 7.90. The topological polar surface area (TPSA) is 80.4 Å². The van der Waals surface area contributed by atoms with E-state index in [1.807, 2.05) is 24.3 Å². The largest absolute Gasteiger partial charge is 0.477 e. The Bertz CT molecular complexity index is 771. The molecule has 0 fully saturated rings. The van der Waals surface area contributed by atoms with E-state index in [-0.39, 0.29) is 16.7 Å². The van der Waals surface area contributed by atoms with Gasteiger partial charge >= 0.3 is 5.97 Å². The fourth-order valence-corrected chi connectivity index (χ4v) is 2.52. The molecule has 0 aromatic heterocycles. The van der Waals surface area contributed by atoms with Crippen LogP contribution in [0.4, 0.5) is 5.69 Å². The standard InChI is InChI=1S/C18H19NO4/c1-11-9-13(10-15(19(22)23)16(11)17(20)21)12-5-7-14(8-6-12)18(2,3)4/h5-10H,1-4H3,(H,20,21). The second kappa shape index (κ2) is 5.83. The highest BCUT2D eigenvalue weighted by atomic mass is 16.6. The van der Waals surface area contributed by atoms with Gasteiger partial charge in [-0.25, -0.2) is 4.79 Å². The highest BCUT2D eigenvalue weighted by molar-refractivity contribution is 5.95. The normalized spacial score (nSPS) is 11.3. The average Bonchev–Trinajstić information content (AvgIpc) is 2.45. The molecule has 5 heteroatoms. The zero-order valence-corrected chi connectivity index (χ0v) is 13.6. The molecule has 0 aliphatic carbocycles. The third-order valence-corrected chi connectivity index (χ3v) is 3.81. The van der Waals surface area contributed by atoms with E-state index < -0.39 is 10.9 Å². The minimum absolute atomic E-state index is 0.0214. The van der Waals surface area contributed by atoms with Crippen molar-refractivity contribution in [1.82, 2.24) is 0 Å². The van der Waals surface area contributed by atoms with Gasteiger partial charge < -0.3 is 5.11 Å². The number of carbonyl (C=O) groups is 1. The van der Waals surface area contributed by atoms with Gasteiger partial charge in [0, 0.05) is 6.07 Å². The molecule has 0 saturated carbocycles. The van der Waals surface area contributed by atoms with Crippen LogP contribution in [-0.2, 0) is 5.41 Å². The third-order valence-electron chi connectivity index (χ3n) is 3.81. The smallest absolute Gasteiger partial charge is 0.343 e. The SMILES string of the molecule is Cc1cc(-c2ccc(C(C)(C)C)cc2)cc([N+](=O)[O-])c1C(=O)O. The number of nitro groups is 1. The molecule has 0 aliphatic rings. The Hall–Kier alpha value is -2.69. The van der Waals surface area contributed by atoms with Crippen LogP contribution in [-0.4, -0.2) is 16.0 Å². The molecule has 0 heterocycles. The van der Waals surface area contributed by atoms with E-state index in [1.165, 1.54) is 6.07 Å². The molecule has 0 bridgehead atoms. The highest BCUT2D eigenvalue weighted by Crippen LogP contribution is 2.31. The van der Waals surface area contributed by atoms with Crippen molar-refractivity contribution in [2.75, 3.05) is 0 Å². The Kier molecular flexibility index (Phi) is 4.23. The van der Waals surface area contributed by atoms with Gasteiger partial charge in [0.2, 0.25) is 0 Å². The van der Waals surface area contributed by atoms with Gasteiger partial charge in [0.1, 0.15) is 5.56 Å². The number of carboxylic acid groups (broad SMARTS) is 1. The Labute approximate surface area is 134 Å². The summed E-state index contributed by atoms with van der Waals surface area (Å²) in [5.74, 6) is -1.29. The molecule has 2 aromatic rings. The maximum atomic E-state index is 11.2. The van der Waals surface area contributed by atoms with Gasteiger partial charge in [0.15, 0.2) is 0 Å². The van der Waals surface area contributed by atoms with E-state index in [1.54, 1.807) is 13.0 Å². The Morgan fingerprint density at radius 2 is 1.65 bits per heavy atom. The summed E-state index contributed by atoms with van der Waals surface area (Å²) < 4.78 is 0. The van der Waals surface area contributed by atoms with E-state index >= 15 is 0 Å². The van der Waals surface area contributed by atoms with Crippen LogP contribution in [0.3, 0.4) is 0 Å². The molecule has 2 aromatic carbocycles. The Morgan fingerprint density at radius 3 is 2.09 bits per heavy atom. The number of rotatable bonds is 3. The van der Waals surface area contributed by atoms with Gasteiger partial charge in [-0.3, -0.25) is 10.1 Å². The Balaban J connectivity index is 2.57. The van der Waals surface area contributed by atoms with Crippen LogP contribution in [0.25, 0.3) is 11.1 Å². The summed E-state index contributed by atoms with van der Waals surface area (Å²) in [4.78, 5) is 21.8. The molecule has 0 unspecified atom stereocenters. The summed E-state index contributed by atoms with van der Waals surface area (Å²) >= 11 is 0. The Morgan fingerprint density at radius 1 is 1.09 bits per heavy atom. The molecule has 23 heavy (non-hydrogen) atoms. The number of aromatic carboxylic acids is 1. The van der Waals surface area contributed by atoms with E-state index in [9.17, 15) is 20.0 Å². The second-order valence-electron chi connectivity index (χ2n) is 6.58. The van der Waals surface area contributed by atoms with Crippen LogP contribution in [0, 0.1) is 17.0 Å². The van der Waals surface area contributed by atoms with Crippen molar-refractivity contribution in [3.05, 3.63) is 63.2 Å². The first-order valence-electron chi connectivity index (χ1n) is 7.24. The number of benzene rings is 2. The fraction of sp³-hybridized carbons (Fsp3) is 0.278. The van der Waals surface area contributed by atoms with Gasteiger partial charge in [0.25, 0.3) is 5.69 Å². The first-order valence-corrected chi connectivity index (χ1v) is 7.24. The summed E-state index contributed by atoms with van der Waals surface area (Å²) in [7, 11) is 0. The zero-order valence-electron chi connectivity index (χ0n) is 13.6. The first-order chi connectivity index (χ1) is 10.6. The number of carboxylic acids is 1. The molecule has 0 radical (unpaired) electrons. The number of hydrogen-bond donors (Lipinski definition) is 1. The van der Waals surface area contributed by atoms with E-state index in [0.717, 1.165) is 11.1 Å². The lowest BCUT2D eigenvalue weighted by molar-refractivity contribution is -0.385. The van der Waals surface area contributed by atoms with Crippen molar-refractivity contribution in [3.63, 3.8) is 0 Å². The number of aryl methyl sites for hydroxylation is 1. The van der Waals surface area contributed by atoms with Crippen molar-refractivity contribution >= 4 is 11.7 Å². The van der Waals surface area contributed by atoms with Gasteiger partial charge in [-0.15, -0.1) is 0 Å². The maximum absolute atomic E-state index is 11.2. The van der Waals surface area contributed by atoms with Crippen LogP contribution in [0.1, 0.15) is 42.3 Å². The molecule has 2 rings (SSSR count). The number of hydrogen-bond acceptors (Lipinski definition) is 3. The predicted molar refractivity (Wildman–Crippen MR) is 88.9 cm³/mol. The molecule has 0 amide bonds. The summed E-state index contributed by atoms with van der Waals surface area (Å²) in [6.07, 6.45) is 0. The lowest BCUT2D eigenvalue weighted by Crippen LogP contribution is -2.10. The molecule has 1 N–H and O–H groups in total. The van der Waals surface area contributed by atoms with Crippen LogP contribution >= 0.6 is 0 Å². The van der Waals surface area contributed by atoms with Crippen LogP contribution < -0.4 is 0 Å². The third kappa shape index (κ3) is 3.39. The van der Waals surface area contributed by atoms with Crippen molar-refractivity contribution in [1.29, 1.82) is 0 Å². The maximum Gasteiger partial charge on any atom is 0.343 e. The van der Waals surface area contributed by atoms with Crippen LogP contribution in [0.5, 0.6) is 0 Å². The van der Waals surface area contributed by atoms with Gasteiger partial charge in [0.05, 0.1) is 4.92 Å². The highest BCUT2D eigenvalue weighted by Gasteiger charge is 2.23. The monoisotopic (exact) mass is 313 g/mol. The summed E-state index contributed by atoms with van der Waals surface area (Å²) in [6, 6.07) is 10.8. The van der Waals surface area contributed by atoms with E-state index in [0.29, 0.717) is 11.1 Å². The van der Waals surface area contributed by atoms with Crippen molar-refractivity contribution in [2.45, 2.75) is 33.1 Å². The second-order valence-corrected chi connectivity index (χ2v) is 6.58. The van der Waals surface area contributed by atoms with Crippen molar-refractivity contribution in [3.8, 4) is 11.1 Å². The quantitative estimate of drug-likeness (QED) is 0.665. The molecule has 0 aliphatic heterocycles. The van der Waals surface area contributed by atoms with Crippen LogP contribution in [0.15, 0.2) is 36.4 Å². The van der Waals surface area contributed by atoms with Crippen LogP contribution in [0.2, 0.25) is 0 Å². The minimum atomic E-state index is -1.29.